The molecule has 4 aromatic rings. The van der Waals surface area contributed by atoms with Crippen molar-refractivity contribution >= 4 is 32.7 Å². The number of fused-ring (bicyclic) bond motifs is 1. The van der Waals surface area contributed by atoms with E-state index in [1.165, 1.54) is 5.56 Å². The molecule has 2 N–H and O–H groups in total. The maximum Gasteiger partial charge on any atom is 0.130 e. The third kappa shape index (κ3) is 6.76. The van der Waals surface area contributed by atoms with Gasteiger partial charge in [-0.25, -0.2) is 4.98 Å². The van der Waals surface area contributed by atoms with Gasteiger partial charge in [-0.05, 0) is 61.8 Å². The molecular weight excluding hydrogens is 526 g/mol. The van der Waals surface area contributed by atoms with Gasteiger partial charge in [-0.1, -0.05) is 76.6 Å². The Morgan fingerprint density at radius 3 is 2.38 bits per heavy atom. The maximum absolute atomic E-state index is 12.3. The first-order chi connectivity index (χ1) is 17.9. The van der Waals surface area contributed by atoms with E-state index in [1.807, 2.05) is 56.6 Å². The monoisotopic (exact) mass is 561 g/mol. The van der Waals surface area contributed by atoms with E-state index in [1.54, 1.807) is 7.11 Å². The second kappa shape index (κ2) is 12.7. The average molecular weight is 563 g/mol. The van der Waals surface area contributed by atoms with Gasteiger partial charge in [0.2, 0.25) is 0 Å². The zero-order valence-electron chi connectivity index (χ0n) is 21.9. The van der Waals surface area contributed by atoms with Gasteiger partial charge < -0.3 is 20.1 Å². The molecule has 0 fully saturated rings. The predicted octanol–water partition coefficient (Wildman–Crippen LogP) is 6.22. The highest BCUT2D eigenvalue weighted by molar-refractivity contribution is 9.10. The van der Waals surface area contributed by atoms with Crippen LogP contribution in [0.15, 0.2) is 83.3 Å². The Morgan fingerprint density at radius 1 is 1.00 bits per heavy atom. The lowest BCUT2D eigenvalue weighted by Crippen LogP contribution is -2.32. The summed E-state index contributed by atoms with van der Waals surface area (Å²) in [5.41, 5.74) is 3.62. The number of nitrogens with one attached hydrogen (secondary N) is 1. The number of aliphatic hydroxyl groups is 1. The van der Waals surface area contributed by atoms with Crippen LogP contribution in [0.2, 0.25) is 0 Å². The molecule has 0 radical (unpaired) electrons. The molecule has 37 heavy (non-hydrogen) atoms. The summed E-state index contributed by atoms with van der Waals surface area (Å²) < 4.78 is 6.16. The lowest BCUT2D eigenvalue weighted by atomic mass is 9.82. The van der Waals surface area contributed by atoms with Crippen LogP contribution in [0.1, 0.15) is 35.1 Å². The number of benzene rings is 3. The number of rotatable bonds is 12. The Labute approximate surface area is 228 Å². The van der Waals surface area contributed by atoms with Gasteiger partial charge in [0.1, 0.15) is 11.4 Å². The Hall–Kier alpha value is -2.77. The van der Waals surface area contributed by atoms with Crippen LogP contribution in [0.25, 0.3) is 10.9 Å². The molecule has 1 heterocycles. The normalized spacial score (nSPS) is 13.1. The van der Waals surface area contributed by atoms with Crippen molar-refractivity contribution in [3.8, 4) is 0 Å². The average Bonchev–Trinajstić information content (AvgIpc) is 2.90. The molecule has 0 spiro atoms. The van der Waals surface area contributed by atoms with Crippen molar-refractivity contribution in [2.24, 2.45) is 0 Å². The molecule has 1 aromatic heterocycles. The summed E-state index contributed by atoms with van der Waals surface area (Å²) in [5, 5.41) is 16.9. The zero-order chi connectivity index (χ0) is 26.3. The van der Waals surface area contributed by atoms with Crippen LogP contribution in [-0.4, -0.2) is 55.9 Å². The molecule has 0 aliphatic heterocycles. The number of nitrogens with zero attached hydrogens (tertiary/aromatic N) is 2. The summed E-state index contributed by atoms with van der Waals surface area (Å²) in [7, 11) is 5.78. The second-order valence-electron chi connectivity index (χ2n) is 9.74. The molecule has 0 saturated carbocycles. The number of hydrogen-bond donors (Lipinski definition) is 2. The van der Waals surface area contributed by atoms with E-state index in [0.29, 0.717) is 13.0 Å². The van der Waals surface area contributed by atoms with Crippen LogP contribution in [0.4, 0.5) is 5.82 Å². The quantitative estimate of drug-likeness (QED) is 0.201. The maximum atomic E-state index is 12.3. The first-order valence-electron chi connectivity index (χ1n) is 12.7. The third-order valence-corrected chi connectivity index (χ3v) is 7.09. The van der Waals surface area contributed by atoms with Crippen molar-refractivity contribution in [3.63, 3.8) is 0 Å². The van der Waals surface area contributed by atoms with E-state index in [0.717, 1.165) is 63.8 Å². The number of aromatic nitrogens is 1. The Balaban J connectivity index is 1.87. The van der Waals surface area contributed by atoms with Crippen molar-refractivity contribution in [1.29, 1.82) is 0 Å². The first kappa shape index (κ1) is 27.3. The van der Waals surface area contributed by atoms with Gasteiger partial charge in [-0.2, -0.15) is 0 Å². The second-order valence-corrected chi connectivity index (χ2v) is 10.7. The van der Waals surface area contributed by atoms with Crippen LogP contribution < -0.4 is 5.32 Å². The molecular formula is C31H36BrN3O2. The van der Waals surface area contributed by atoms with E-state index in [-0.39, 0.29) is 0 Å². The van der Waals surface area contributed by atoms with E-state index in [2.05, 4.69) is 62.5 Å². The SMILES string of the molecule is COCCCNc1nc2c(C(O)(CCN(C)C)c3ccccc3)cc(Br)cc2cc1Cc1ccccc1. The fraction of sp³-hybridized carbons (Fsp3) is 0.323. The molecule has 0 aliphatic rings. The van der Waals surface area contributed by atoms with Crippen LogP contribution in [0, 0.1) is 0 Å². The molecule has 6 heteroatoms. The first-order valence-corrected chi connectivity index (χ1v) is 13.5. The minimum atomic E-state index is -1.20. The van der Waals surface area contributed by atoms with Crippen LogP contribution in [0.3, 0.4) is 0 Å². The van der Waals surface area contributed by atoms with Crippen molar-refractivity contribution in [3.05, 3.63) is 106 Å². The molecule has 0 saturated heterocycles. The summed E-state index contributed by atoms with van der Waals surface area (Å²) in [6.45, 7) is 2.17. The van der Waals surface area contributed by atoms with Gasteiger partial charge in [0, 0.05) is 48.6 Å². The molecule has 0 aliphatic carbocycles. The highest BCUT2D eigenvalue weighted by Gasteiger charge is 2.34. The summed E-state index contributed by atoms with van der Waals surface area (Å²) in [4.78, 5) is 7.28. The molecule has 1 atom stereocenters. The Kier molecular flexibility index (Phi) is 9.33. The van der Waals surface area contributed by atoms with Crippen molar-refractivity contribution < 1.29 is 9.84 Å². The van der Waals surface area contributed by atoms with E-state index in [4.69, 9.17) is 9.72 Å². The molecule has 5 nitrogen and oxygen atoms in total. The topological polar surface area (TPSA) is 57.6 Å². The van der Waals surface area contributed by atoms with Crippen molar-refractivity contribution in [1.82, 2.24) is 9.88 Å². The van der Waals surface area contributed by atoms with Gasteiger partial charge in [0.05, 0.1) is 5.52 Å². The fourth-order valence-corrected chi connectivity index (χ4v) is 5.15. The Morgan fingerprint density at radius 2 is 1.70 bits per heavy atom. The molecule has 194 valence electrons. The number of pyridine rings is 1. The molecule has 1 unspecified atom stereocenters. The highest BCUT2D eigenvalue weighted by Crippen LogP contribution is 2.39. The standard InChI is InChI=1S/C31H36BrN3O2/c1-35(2)17-15-31(36,26-13-8-5-9-14-26)28-22-27(32)21-24-20-25(19-23-11-6-4-7-12-23)30(34-29(24)28)33-16-10-18-37-3/h4-9,11-14,20-22,36H,10,15-19H2,1-3H3,(H,33,34). The van der Waals surface area contributed by atoms with E-state index < -0.39 is 5.60 Å². The fourth-order valence-electron chi connectivity index (χ4n) is 4.67. The Bertz CT molecular complexity index is 1300. The molecule has 0 amide bonds. The summed E-state index contributed by atoms with van der Waals surface area (Å²) >= 11 is 3.72. The molecule has 0 bridgehead atoms. The van der Waals surface area contributed by atoms with E-state index >= 15 is 0 Å². The summed E-state index contributed by atoms with van der Waals surface area (Å²) in [5.74, 6) is 0.846. The summed E-state index contributed by atoms with van der Waals surface area (Å²) in [6.07, 6.45) is 2.19. The van der Waals surface area contributed by atoms with E-state index in [9.17, 15) is 5.11 Å². The minimum Gasteiger partial charge on any atom is -0.385 e. The lowest BCUT2D eigenvalue weighted by molar-refractivity contribution is 0.0641. The predicted molar refractivity (Wildman–Crippen MR) is 156 cm³/mol. The number of anilines is 1. The van der Waals surface area contributed by atoms with Crippen molar-refractivity contribution in [2.45, 2.75) is 24.9 Å². The zero-order valence-corrected chi connectivity index (χ0v) is 23.5. The van der Waals surface area contributed by atoms with Gasteiger partial charge in [-0.15, -0.1) is 0 Å². The smallest absolute Gasteiger partial charge is 0.130 e. The highest BCUT2D eigenvalue weighted by atomic mass is 79.9. The summed E-state index contributed by atoms with van der Waals surface area (Å²) in [6, 6.07) is 26.7. The largest absolute Gasteiger partial charge is 0.385 e. The minimum absolute atomic E-state index is 0.541. The number of ether oxygens (including phenoxy) is 1. The number of hydrogen-bond acceptors (Lipinski definition) is 5. The number of halogens is 1. The third-order valence-electron chi connectivity index (χ3n) is 6.63. The molecule has 3 aromatic carbocycles. The van der Waals surface area contributed by atoms with Gasteiger partial charge in [0.15, 0.2) is 0 Å². The van der Waals surface area contributed by atoms with Gasteiger partial charge in [-0.3, -0.25) is 0 Å². The van der Waals surface area contributed by atoms with Gasteiger partial charge in [0.25, 0.3) is 0 Å². The van der Waals surface area contributed by atoms with Gasteiger partial charge >= 0.3 is 0 Å². The van der Waals surface area contributed by atoms with Crippen molar-refractivity contribution in [2.75, 3.05) is 46.2 Å². The van der Waals surface area contributed by atoms with Crippen LogP contribution in [-0.2, 0) is 16.8 Å². The van der Waals surface area contributed by atoms with Crippen LogP contribution >= 0.6 is 15.9 Å². The number of methoxy groups -OCH3 is 1. The lowest BCUT2D eigenvalue weighted by Gasteiger charge is -2.32. The van der Waals surface area contributed by atoms with Crippen LogP contribution in [0.5, 0.6) is 0 Å². The molecule has 4 rings (SSSR count).